The van der Waals surface area contributed by atoms with Crippen LogP contribution in [-0.2, 0) is 15.0 Å². The van der Waals surface area contributed by atoms with Gasteiger partial charge in [0.05, 0.1) is 6.07 Å². The van der Waals surface area contributed by atoms with Crippen LogP contribution in [0.4, 0.5) is 4.79 Å². The van der Waals surface area contributed by atoms with Gasteiger partial charge in [-0.15, -0.1) is 0 Å². The molecule has 2 fully saturated rings. The average molecular weight is 382 g/mol. The second kappa shape index (κ2) is 6.93. The lowest BCUT2D eigenvalue weighted by atomic mass is 9.86. The highest BCUT2D eigenvalue weighted by Crippen LogP contribution is 2.42. The first-order chi connectivity index (χ1) is 13.1. The van der Waals surface area contributed by atoms with Gasteiger partial charge in [0.15, 0.2) is 0 Å². The quantitative estimate of drug-likeness (QED) is 0.763. The Morgan fingerprint density at radius 2 is 1.93 bits per heavy atom. The zero-order chi connectivity index (χ0) is 20.7. The first-order valence-corrected chi connectivity index (χ1v) is 9.50. The lowest BCUT2D eigenvalue weighted by Crippen LogP contribution is -2.47. The van der Waals surface area contributed by atoms with Crippen molar-refractivity contribution in [1.82, 2.24) is 15.5 Å². The first-order valence-electron chi connectivity index (χ1n) is 9.50. The molecule has 1 heterocycles. The normalized spacial score (nSPS) is 23.2. The molecule has 2 unspecified atom stereocenters. The molecule has 7 nitrogen and oxygen atoms in total. The van der Waals surface area contributed by atoms with E-state index in [-0.39, 0.29) is 17.2 Å². The van der Waals surface area contributed by atoms with Gasteiger partial charge < -0.3 is 10.6 Å². The Hall–Kier alpha value is -2.88. The summed E-state index contributed by atoms with van der Waals surface area (Å²) in [4.78, 5) is 38.1. The summed E-state index contributed by atoms with van der Waals surface area (Å²) in [6.07, 6.45) is 1.78. The van der Waals surface area contributed by atoms with Gasteiger partial charge in [-0.05, 0) is 42.2 Å². The van der Waals surface area contributed by atoms with Gasteiger partial charge in [0.1, 0.15) is 18.1 Å². The Morgan fingerprint density at radius 1 is 1.32 bits per heavy atom. The summed E-state index contributed by atoms with van der Waals surface area (Å²) in [5.74, 6) is -0.793. The van der Waals surface area contributed by atoms with Crippen molar-refractivity contribution < 1.29 is 14.4 Å². The molecular formula is C21H26N4O3. The third-order valence-corrected chi connectivity index (χ3v) is 5.54. The number of rotatable bonds is 5. The van der Waals surface area contributed by atoms with E-state index in [9.17, 15) is 19.6 Å². The van der Waals surface area contributed by atoms with E-state index in [1.165, 1.54) is 0 Å². The van der Waals surface area contributed by atoms with Crippen molar-refractivity contribution in [2.24, 2.45) is 5.92 Å². The van der Waals surface area contributed by atoms with Crippen molar-refractivity contribution in [2.45, 2.75) is 57.5 Å². The zero-order valence-electron chi connectivity index (χ0n) is 16.7. The van der Waals surface area contributed by atoms with E-state index in [1.807, 2.05) is 24.3 Å². The van der Waals surface area contributed by atoms with Crippen LogP contribution in [0, 0.1) is 17.2 Å². The van der Waals surface area contributed by atoms with E-state index >= 15 is 0 Å². The molecule has 0 spiro atoms. The number of amides is 4. The molecule has 1 saturated carbocycles. The predicted molar refractivity (Wildman–Crippen MR) is 103 cm³/mol. The van der Waals surface area contributed by atoms with Gasteiger partial charge in [-0.25, -0.2) is 4.79 Å². The molecule has 0 radical (unpaired) electrons. The summed E-state index contributed by atoms with van der Waals surface area (Å²) in [6.45, 7) is 7.60. The van der Waals surface area contributed by atoms with Crippen molar-refractivity contribution in [2.75, 3.05) is 6.54 Å². The number of nitriles is 1. The van der Waals surface area contributed by atoms with E-state index in [0.717, 1.165) is 23.3 Å². The summed E-state index contributed by atoms with van der Waals surface area (Å²) in [7, 11) is 0. The highest BCUT2D eigenvalue weighted by atomic mass is 16.2. The third kappa shape index (κ3) is 3.72. The minimum absolute atomic E-state index is 0.0123. The first kappa shape index (κ1) is 19.9. The number of carbonyl (C=O) groups is 3. The highest BCUT2D eigenvalue weighted by Gasteiger charge is 2.56. The number of benzene rings is 1. The Kier molecular flexibility index (Phi) is 4.92. The molecule has 1 aliphatic carbocycles. The van der Waals surface area contributed by atoms with Crippen LogP contribution >= 0.6 is 0 Å². The second-order valence-corrected chi connectivity index (χ2v) is 8.80. The molecule has 1 aromatic carbocycles. The van der Waals surface area contributed by atoms with Gasteiger partial charge in [0, 0.05) is 0 Å². The fraction of sp³-hybridized carbons (Fsp3) is 0.524. The van der Waals surface area contributed by atoms with E-state index in [1.54, 1.807) is 6.92 Å². The number of nitrogens with zero attached hydrogens (tertiary/aromatic N) is 2. The zero-order valence-corrected chi connectivity index (χ0v) is 16.7. The van der Waals surface area contributed by atoms with Crippen LogP contribution in [0.25, 0.3) is 0 Å². The van der Waals surface area contributed by atoms with Gasteiger partial charge in [-0.2, -0.15) is 5.26 Å². The molecule has 2 N–H and O–H groups in total. The number of hydrogen-bond donors (Lipinski definition) is 2. The molecule has 4 amide bonds. The maximum absolute atomic E-state index is 12.6. The van der Waals surface area contributed by atoms with Crippen molar-refractivity contribution in [3.63, 3.8) is 0 Å². The molecule has 0 aromatic heterocycles. The summed E-state index contributed by atoms with van der Waals surface area (Å²) in [5, 5.41) is 14.8. The van der Waals surface area contributed by atoms with E-state index in [0.29, 0.717) is 5.56 Å². The number of imide groups is 1. The van der Waals surface area contributed by atoms with Gasteiger partial charge in [0.2, 0.25) is 5.91 Å². The van der Waals surface area contributed by atoms with Crippen molar-refractivity contribution in [3.8, 4) is 6.07 Å². The number of nitrogens with one attached hydrogen (secondary N) is 2. The number of hydrogen-bond acceptors (Lipinski definition) is 4. The van der Waals surface area contributed by atoms with Crippen LogP contribution in [-0.4, -0.2) is 34.8 Å². The van der Waals surface area contributed by atoms with E-state index in [4.69, 9.17) is 0 Å². The standard InChI is InChI=1S/C21H26N4O3/c1-20(2,3)14-7-5-13(6-8-14)16(11-22)23-17(26)12-25-18(27)21(4,15-9-10-15)24-19(25)28/h5-8,15-16H,9-10,12H2,1-4H3,(H,23,26)(H,24,28). The third-order valence-electron chi connectivity index (χ3n) is 5.54. The maximum Gasteiger partial charge on any atom is 0.325 e. The molecule has 148 valence electrons. The molecule has 28 heavy (non-hydrogen) atoms. The van der Waals surface area contributed by atoms with Crippen LogP contribution in [0.3, 0.4) is 0 Å². The van der Waals surface area contributed by atoms with Gasteiger partial charge >= 0.3 is 6.03 Å². The smallest absolute Gasteiger partial charge is 0.325 e. The van der Waals surface area contributed by atoms with Crippen LogP contribution < -0.4 is 10.6 Å². The molecule has 7 heteroatoms. The van der Waals surface area contributed by atoms with Crippen molar-refractivity contribution in [1.29, 1.82) is 5.26 Å². The lowest BCUT2D eigenvalue weighted by Gasteiger charge is -2.21. The molecule has 0 bridgehead atoms. The van der Waals surface area contributed by atoms with Gasteiger partial charge in [-0.3, -0.25) is 14.5 Å². The minimum Gasteiger partial charge on any atom is -0.335 e. The maximum atomic E-state index is 12.6. The lowest BCUT2D eigenvalue weighted by molar-refractivity contribution is -0.135. The van der Waals surface area contributed by atoms with Crippen LogP contribution in [0.1, 0.15) is 57.7 Å². The van der Waals surface area contributed by atoms with E-state index in [2.05, 4.69) is 37.5 Å². The van der Waals surface area contributed by atoms with Crippen LogP contribution in [0.5, 0.6) is 0 Å². The molecule has 3 rings (SSSR count). The largest absolute Gasteiger partial charge is 0.335 e. The Labute approximate surface area is 165 Å². The fourth-order valence-electron chi connectivity index (χ4n) is 3.51. The number of urea groups is 1. The van der Waals surface area contributed by atoms with Crippen molar-refractivity contribution >= 4 is 17.8 Å². The highest BCUT2D eigenvalue weighted by molar-refractivity contribution is 6.09. The fourth-order valence-corrected chi connectivity index (χ4v) is 3.51. The summed E-state index contributed by atoms with van der Waals surface area (Å²) in [5.41, 5.74) is 0.845. The van der Waals surface area contributed by atoms with Crippen LogP contribution in [0.2, 0.25) is 0 Å². The Morgan fingerprint density at radius 3 is 2.43 bits per heavy atom. The van der Waals surface area contributed by atoms with Crippen LogP contribution in [0.15, 0.2) is 24.3 Å². The van der Waals surface area contributed by atoms with Gasteiger partial charge in [0.25, 0.3) is 5.91 Å². The second-order valence-electron chi connectivity index (χ2n) is 8.80. The molecular weight excluding hydrogens is 356 g/mol. The Balaban J connectivity index is 1.65. The molecule has 2 atom stereocenters. The number of carbonyl (C=O) groups excluding carboxylic acids is 3. The van der Waals surface area contributed by atoms with E-state index < -0.39 is 30.1 Å². The molecule has 1 saturated heterocycles. The van der Waals surface area contributed by atoms with Crippen molar-refractivity contribution in [3.05, 3.63) is 35.4 Å². The molecule has 1 aliphatic heterocycles. The summed E-state index contributed by atoms with van der Waals surface area (Å²) in [6, 6.07) is 8.15. The summed E-state index contributed by atoms with van der Waals surface area (Å²) < 4.78 is 0. The predicted octanol–water partition coefficient (Wildman–Crippen LogP) is 2.39. The topological polar surface area (TPSA) is 102 Å². The monoisotopic (exact) mass is 382 g/mol. The minimum atomic E-state index is -0.922. The average Bonchev–Trinajstić information content (AvgIpc) is 3.45. The summed E-state index contributed by atoms with van der Waals surface area (Å²) >= 11 is 0. The van der Waals surface area contributed by atoms with Gasteiger partial charge in [-0.1, -0.05) is 45.0 Å². The SMILES string of the molecule is CC(C)(C)c1ccc(C(C#N)NC(=O)CN2C(=O)NC(C)(C3CC3)C2=O)cc1. The molecule has 2 aliphatic rings. The Bertz CT molecular complexity index is 846. The molecule has 1 aromatic rings.